The van der Waals surface area contributed by atoms with E-state index in [0.717, 1.165) is 23.4 Å². The Hall–Kier alpha value is -1.83. The molecular weight excluding hydrogens is 225 g/mol. The quantitative estimate of drug-likeness (QED) is 0.844. The number of nitrogens with one attached hydrogen (secondary N) is 1. The Bertz CT molecular complexity index is 510. The van der Waals surface area contributed by atoms with Gasteiger partial charge in [-0.15, -0.1) is 0 Å². The molecule has 0 aliphatic rings. The van der Waals surface area contributed by atoms with E-state index in [0.29, 0.717) is 0 Å². The summed E-state index contributed by atoms with van der Waals surface area (Å²) in [5.74, 6) is -0.178. The number of halogens is 1. The number of hydrogen-bond donors (Lipinski definition) is 1. The Balaban J connectivity index is 2.11. The third kappa shape index (κ3) is 2.89. The van der Waals surface area contributed by atoms with Crippen LogP contribution < -0.4 is 5.32 Å². The Morgan fingerprint density at radius 1 is 0.944 bits per heavy atom. The highest BCUT2D eigenvalue weighted by Gasteiger charge is 2.02. The van der Waals surface area contributed by atoms with Crippen LogP contribution in [0, 0.1) is 26.6 Å². The van der Waals surface area contributed by atoms with E-state index in [9.17, 15) is 4.39 Å². The van der Waals surface area contributed by atoms with Gasteiger partial charge in [-0.1, -0.05) is 23.8 Å². The normalized spacial score (nSPS) is 10.4. The number of hydrogen-bond acceptors (Lipinski definition) is 1. The average Bonchev–Trinajstić information content (AvgIpc) is 2.30. The molecule has 0 saturated heterocycles. The summed E-state index contributed by atoms with van der Waals surface area (Å²) in [6.07, 6.45) is 0. The number of anilines is 1. The van der Waals surface area contributed by atoms with Gasteiger partial charge < -0.3 is 5.32 Å². The summed E-state index contributed by atoms with van der Waals surface area (Å²) in [6.45, 7) is 6.83. The Morgan fingerprint density at radius 3 is 2.39 bits per heavy atom. The first kappa shape index (κ1) is 12.6. The van der Waals surface area contributed by atoms with E-state index in [1.54, 1.807) is 6.07 Å². The molecule has 0 bridgehead atoms. The molecule has 1 N–H and O–H groups in total. The van der Waals surface area contributed by atoms with Crippen molar-refractivity contribution in [2.45, 2.75) is 27.3 Å². The fourth-order valence-electron chi connectivity index (χ4n) is 2.06. The summed E-state index contributed by atoms with van der Waals surface area (Å²) in [4.78, 5) is 0. The van der Waals surface area contributed by atoms with Crippen LogP contribution in [0.5, 0.6) is 0 Å². The molecule has 18 heavy (non-hydrogen) atoms. The molecule has 0 fully saturated rings. The molecule has 2 aromatic carbocycles. The van der Waals surface area contributed by atoms with Crippen LogP contribution in [0.25, 0.3) is 0 Å². The first-order valence-electron chi connectivity index (χ1n) is 6.12. The largest absolute Gasteiger partial charge is 0.381 e. The molecule has 0 spiro atoms. The van der Waals surface area contributed by atoms with Gasteiger partial charge in [-0.05, 0) is 55.7 Å². The number of rotatable bonds is 3. The van der Waals surface area contributed by atoms with Crippen LogP contribution in [0.3, 0.4) is 0 Å². The topological polar surface area (TPSA) is 12.0 Å². The molecule has 0 unspecified atom stereocenters. The van der Waals surface area contributed by atoms with Gasteiger partial charge in [0.05, 0.1) is 0 Å². The van der Waals surface area contributed by atoms with Crippen molar-refractivity contribution >= 4 is 5.69 Å². The van der Waals surface area contributed by atoms with Crippen LogP contribution >= 0.6 is 0 Å². The third-order valence-electron chi connectivity index (χ3n) is 3.16. The second kappa shape index (κ2) is 5.21. The SMILES string of the molecule is Cc1ccc(NCc2ccc(F)cc2C)c(C)c1. The smallest absolute Gasteiger partial charge is 0.123 e. The summed E-state index contributed by atoms with van der Waals surface area (Å²) in [7, 11) is 0. The fourth-order valence-corrected chi connectivity index (χ4v) is 2.06. The Morgan fingerprint density at radius 2 is 1.72 bits per heavy atom. The molecular formula is C16H18FN. The van der Waals surface area contributed by atoms with E-state index in [4.69, 9.17) is 0 Å². The lowest BCUT2D eigenvalue weighted by Crippen LogP contribution is -2.03. The van der Waals surface area contributed by atoms with Crippen LogP contribution in [-0.2, 0) is 6.54 Å². The standard InChI is InChI=1S/C16H18FN/c1-11-4-7-16(13(3)8-11)18-10-14-5-6-15(17)9-12(14)2/h4-9,18H,10H2,1-3H3. The van der Waals surface area contributed by atoms with Crippen LogP contribution in [0.1, 0.15) is 22.3 Å². The average molecular weight is 243 g/mol. The van der Waals surface area contributed by atoms with Gasteiger partial charge in [0.15, 0.2) is 0 Å². The highest BCUT2D eigenvalue weighted by molar-refractivity contribution is 5.52. The van der Waals surface area contributed by atoms with Crippen molar-refractivity contribution in [3.05, 3.63) is 64.5 Å². The summed E-state index contributed by atoms with van der Waals surface area (Å²) >= 11 is 0. The minimum absolute atomic E-state index is 0.178. The highest BCUT2D eigenvalue weighted by Crippen LogP contribution is 2.18. The molecule has 94 valence electrons. The van der Waals surface area contributed by atoms with Crippen LogP contribution in [0.15, 0.2) is 36.4 Å². The molecule has 0 aliphatic heterocycles. The minimum atomic E-state index is -0.178. The van der Waals surface area contributed by atoms with Crippen molar-refractivity contribution in [3.63, 3.8) is 0 Å². The molecule has 2 rings (SSSR count). The van der Waals surface area contributed by atoms with Crippen molar-refractivity contribution in [1.82, 2.24) is 0 Å². The van der Waals surface area contributed by atoms with Crippen molar-refractivity contribution in [1.29, 1.82) is 0 Å². The monoisotopic (exact) mass is 243 g/mol. The minimum Gasteiger partial charge on any atom is -0.381 e. The van der Waals surface area contributed by atoms with Gasteiger partial charge in [-0.2, -0.15) is 0 Å². The van der Waals surface area contributed by atoms with Gasteiger partial charge in [0, 0.05) is 12.2 Å². The second-order valence-corrected chi connectivity index (χ2v) is 4.74. The van der Waals surface area contributed by atoms with Crippen LogP contribution in [0.4, 0.5) is 10.1 Å². The molecule has 0 radical (unpaired) electrons. The third-order valence-corrected chi connectivity index (χ3v) is 3.16. The molecule has 1 nitrogen and oxygen atoms in total. The van der Waals surface area contributed by atoms with Gasteiger partial charge in [-0.3, -0.25) is 0 Å². The molecule has 0 aromatic heterocycles. The first-order valence-corrected chi connectivity index (χ1v) is 6.12. The van der Waals surface area contributed by atoms with Gasteiger partial charge in [-0.25, -0.2) is 4.39 Å². The Labute approximate surface area is 108 Å². The maximum Gasteiger partial charge on any atom is 0.123 e. The predicted molar refractivity (Wildman–Crippen MR) is 74.4 cm³/mol. The second-order valence-electron chi connectivity index (χ2n) is 4.74. The number of benzene rings is 2. The van der Waals surface area contributed by atoms with E-state index in [1.807, 2.05) is 13.0 Å². The zero-order chi connectivity index (χ0) is 13.1. The maximum atomic E-state index is 13.0. The Kier molecular flexibility index (Phi) is 3.66. The molecule has 2 aromatic rings. The van der Waals surface area contributed by atoms with Gasteiger partial charge in [0.2, 0.25) is 0 Å². The van der Waals surface area contributed by atoms with Crippen molar-refractivity contribution in [2.75, 3.05) is 5.32 Å². The molecule has 0 heterocycles. The molecule has 0 amide bonds. The van der Waals surface area contributed by atoms with E-state index in [2.05, 4.69) is 37.4 Å². The molecule has 2 heteroatoms. The summed E-state index contributed by atoms with van der Waals surface area (Å²) < 4.78 is 13.0. The van der Waals surface area contributed by atoms with E-state index < -0.39 is 0 Å². The zero-order valence-corrected chi connectivity index (χ0v) is 11.0. The predicted octanol–water partition coefficient (Wildman–Crippen LogP) is 4.36. The summed E-state index contributed by atoms with van der Waals surface area (Å²) in [5, 5.41) is 3.39. The number of aryl methyl sites for hydroxylation is 3. The van der Waals surface area contributed by atoms with Gasteiger partial charge in [0.1, 0.15) is 5.82 Å². The fraction of sp³-hybridized carbons (Fsp3) is 0.250. The van der Waals surface area contributed by atoms with Gasteiger partial charge >= 0.3 is 0 Å². The van der Waals surface area contributed by atoms with Crippen molar-refractivity contribution < 1.29 is 4.39 Å². The summed E-state index contributed by atoms with van der Waals surface area (Å²) in [6, 6.07) is 11.2. The molecule has 0 aliphatic carbocycles. The lowest BCUT2D eigenvalue weighted by Gasteiger charge is -2.12. The van der Waals surface area contributed by atoms with Crippen molar-refractivity contribution in [2.24, 2.45) is 0 Å². The lowest BCUT2D eigenvalue weighted by atomic mass is 10.1. The first-order chi connectivity index (χ1) is 8.56. The molecule has 0 saturated carbocycles. The van der Waals surface area contributed by atoms with E-state index >= 15 is 0 Å². The summed E-state index contributed by atoms with van der Waals surface area (Å²) in [5.41, 5.74) is 5.72. The lowest BCUT2D eigenvalue weighted by molar-refractivity contribution is 0.625. The highest BCUT2D eigenvalue weighted by atomic mass is 19.1. The van der Waals surface area contributed by atoms with E-state index in [1.165, 1.54) is 17.2 Å². The zero-order valence-electron chi connectivity index (χ0n) is 11.0. The van der Waals surface area contributed by atoms with Crippen molar-refractivity contribution in [3.8, 4) is 0 Å². The van der Waals surface area contributed by atoms with Gasteiger partial charge in [0.25, 0.3) is 0 Å². The molecule has 0 atom stereocenters. The van der Waals surface area contributed by atoms with E-state index in [-0.39, 0.29) is 5.82 Å². The van der Waals surface area contributed by atoms with Crippen LogP contribution in [-0.4, -0.2) is 0 Å². The van der Waals surface area contributed by atoms with Crippen LogP contribution in [0.2, 0.25) is 0 Å². The maximum absolute atomic E-state index is 13.0.